The summed E-state index contributed by atoms with van der Waals surface area (Å²) in [4.78, 5) is 29.3. The lowest BCUT2D eigenvalue weighted by atomic mass is 9.85. The molecule has 5 aromatic heterocycles. The molecule has 1 aliphatic carbocycles. The molecule has 0 bridgehead atoms. The molecule has 0 saturated heterocycles. The van der Waals surface area contributed by atoms with Crippen LogP contribution in [0.25, 0.3) is 179 Å². The van der Waals surface area contributed by atoms with Gasteiger partial charge >= 0.3 is 0 Å². The molecular weight excluding hydrogens is 1610 g/mol. The van der Waals surface area contributed by atoms with Crippen molar-refractivity contribution in [1.82, 2.24) is 29.9 Å². The summed E-state index contributed by atoms with van der Waals surface area (Å²) in [5, 5.41) is 0. The molecular formula is C127H112N6. The lowest BCUT2D eigenvalue weighted by Crippen LogP contribution is -2.11. The number of nitrogens with zero attached hydrogens (tertiary/aromatic N) is 6. The normalized spacial score (nSPS) is 12.7. The zero-order valence-electron chi connectivity index (χ0n) is 78.5. The van der Waals surface area contributed by atoms with Crippen molar-refractivity contribution in [1.29, 1.82) is 0 Å². The summed E-state index contributed by atoms with van der Waals surface area (Å²) in [7, 11) is 0. The van der Waals surface area contributed by atoms with E-state index in [1.54, 1.807) is 6.33 Å². The molecule has 6 heteroatoms. The average Bonchev–Trinajstić information content (AvgIpc) is 1.22. The first-order valence-electron chi connectivity index (χ1n) is 46.4. The van der Waals surface area contributed by atoms with Gasteiger partial charge < -0.3 is 0 Å². The molecule has 0 saturated carbocycles. The zero-order valence-corrected chi connectivity index (χ0v) is 78.5. The summed E-state index contributed by atoms with van der Waals surface area (Å²) in [6, 6.07) is 123. The number of rotatable bonds is 21. The molecule has 0 aliphatic heterocycles. The maximum absolute atomic E-state index is 4.99. The van der Waals surface area contributed by atoms with Crippen molar-refractivity contribution < 1.29 is 0 Å². The van der Waals surface area contributed by atoms with E-state index in [9.17, 15) is 0 Å². The number of hydrogen-bond donors (Lipinski definition) is 0. The minimum Gasteiger partial charge on any atom is -0.256 e. The first-order chi connectivity index (χ1) is 64.3. The monoisotopic (exact) mass is 1720 g/mol. The fourth-order valence-corrected chi connectivity index (χ4v) is 18.1. The number of allylic oxidation sites excluding steroid dienone is 11. The highest BCUT2D eigenvalue weighted by Gasteiger charge is 2.25. The largest absolute Gasteiger partial charge is 0.256 e. The molecule has 12 aromatic carbocycles. The Labute approximate surface area is 786 Å². The summed E-state index contributed by atoms with van der Waals surface area (Å²) in [6.45, 7) is 33.5. The van der Waals surface area contributed by atoms with Crippen LogP contribution >= 0.6 is 0 Å². The van der Waals surface area contributed by atoms with Crippen LogP contribution in [0.2, 0.25) is 0 Å². The smallest absolute Gasteiger partial charge is 0.116 e. The Balaban J connectivity index is 0.681. The number of benzene rings is 12. The van der Waals surface area contributed by atoms with Gasteiger partial charge in [-0.15, -0.1) is 6.58 Å². The zero-order chi connectivity index (χ0) is 92.1. The molecule has 650 valence electrons. The molecule has 1 aliphatic rings. The van der Waals surface area contributed by atoms with Gasteiger partial charge in [-0.05, 0) is 299 Å². The molecule has 0 spiro atoms. The molecule has 133 heavy (non-hydrogen) atoms. The quantitative estimate of drug-likeness (QED) is 0.0527. The SMILES string of the molecule is C=CC/C(=C\C=C(/C)c1cc(C2=CC=C(c3ccccc3-c3cc(-c4ccccc4-c4ccc(-c5cc(C(C)(C)C)ccn5)cc4)cc(-c4ccccc4-c4ccc(-c5cc(C(C)(C)C)ccn5)cc4)c3)CC=C2)ncn1)c1ccccc1-c1cc(-c2ccccc2-c2ccc(-c3cc(C(C)(C)C)ccn3)cc2)cc(-c2ccccc2-c2ccc(-c3cc(C(C)(C)C)ccn3)cc2)c1. The Kier molecular flexibility index (Phi) is 25.0. The predicted molar refractivity (Wildman–Crippen MR) is 563 cm³/mol. The van der Waals surface area contributed by atoms with E-state index in [0.29, 0.717) is 12.8 Å². The topological polar surface area (TPSA) is 77.3 Å². The second kappa shape index (κ2) is 37.7. The Morgan fingerprint density at radius 1 is 0.278 bits per heavy atom. The van der Waals surface area contributed by atoms with Gasteiger partial charge in [0.25, 0.3) is 0 Å². The van der Waals surface area contributed by atoms with Crippen molar-refractivity contribution in [2.45, 2.75) is 125 Å². The van der Waals surface area contributed by atoms with E-state index in [2.05, 4.69) is 467 Å². The standard InChI is InChI=1S/C127H112N6/c1-15-29-85(106-32-16-22-38-112(106)96-72-98(114-40-24-18-34-108(114)87-47-56-92(57-48-87)119-78-102(64-68-128-119)124(3,4)5)76-99(73-96)115-41-25-19-35-109(115)88-49-58-93(59-50-88)120-79-103(65-69-129-120)125(6,7)8)45-44-84(2)118-82-123(133-83-132-118)91-31-28-30-86(46-55-91)107-33-17-23-39-113(107)97-74-100(116-42-26-20-36-110(116)89-51-60-94(61-52-89)121-80-104(66-70-130-121)126(9,10)11)77-101(75-97)117-43-27-21-37-111(117)90-53-62-95(63-54-90)122-81-105(67-71-131-122)127(12,13)14/h15-28,31-83H,1,29-30H2,2-14H3/b84-44+,85-45+. The van der Waals surface area contributed by atoms with Gasteiger partial charge in [0, 0.05) is 47.0 Å². The van der Waals surface area contributed by atoms with Gasteiger partial charge in [-0.1, -0.05) is 368 Å². The molecule has 6 nitrogen and oxygen atoms in total. The van der Waals surface area contributed by atoms with Gasteiger partial charge in [-0.3, -0.25) is 19.9 Å². The van der Waals surface area contributed by atoms with E-state index in [-0.39, 0.29) is 21.7 Å². The van der Waals surface area contributed by atoms with Crippen molar-refractivity contribution in [3.05, 3.63) is 459 Å². The van der Waals surface area contributed by atoms with E-state index >= 15 is 0 Å². The van der Waals surface area contributed by atoms with E-state index < -0.39 is 0 Å². The van der Waals surface area contributed by atoms with Gasteiger partial charge in [-0.2, -0.15) is 0 Å². The molecule has 0 radical (unpaired) electrons. The summed E-state index contributed by atoms with van der Waals surface area (Å²) in [5.74, 6) is 0. The van der Waals surface area contributed by atoms with Crippen LogP contribution in [0.3, 0.4) is 0 Å². The fourth-order valence-electron chi connectivity index (χ4n) is 18.1. The number of hydrogen-bond acceptors (Lipinski definition) is 6. The van der Waals surface area contributed by atoms with Crippen LogP contribution in [-0.2, 0) is 21.7 Å². The molecule has 0 N–H and O–H groups in total. The van der Waals surface area contributed by atoms with Crippen LogP contribution in [0.4, 0.5) is 0 Å². The first kappa shape index (κ1) is 88.4. The molecule has 0 unspecified atom stereocenters. The van der Waals surface area contributed by atoms with Crippen molar-refractivity contribution >= 4 is 22.3 Å². The lowest BCUT2D eigenvalue weighted by molar-refractivity contribution is 0.589. The Morgan fingerprint density at radius 3 is 0.887 bits per heavy atom. The highest BCUT2D eigenvalue weighted by Crippen LogP contribution is 2.47. The molecule has 18 rings (SSSR count). The maximum Gasteiger partial charge on any atom is 0.116 e. The molecule has 17 aromatic rings. The van der Waals surface area contributed by atoms with Crippen LogP contribution in [0.5, 0.6) is 0 Å². The Bertz CT molecular complexity index is 7060. The van der Waals surface area contributed by atoms with Gasteiger partial charge in [0.15, 0.2) is 0 Å². The Hall–Kier alpha value is -15.2. The Morgan fingerprint density at radius 2 is 0.564 bits per heavy atom. The highest BCUT2D eigenvalue weighted by molar-refractivity contribution is 5.98. The number of aromatic nitrogens is 6. The lowest BCUT2D eigenvalue weighted by Gasteiger charge is -2.19. The van der Waals surface area contributed by atoms with Crippen LogP contribution < -0.4 is 0 Å². The summed E-state index contributed by atoms with van der Waals surface area (Å²) >= 11 is 0. The molecule has 0 atom stereocenters. The van der Waals surface area contributed by atoms with E-state index in [1.807, 2.05) is 30.9 Å². The maximum atomic E-state index is 4.99. The first-order valence-corrected chi connectivity index (χ1v) is 46.4. The third-order valence-corrected chi connectivity index (χ3v) is 25.8. The second-order valence-electron chi connectivity index (χ2n) is 39.1. The third-order valence-electron chi connectivity index (χ3n) is 25.8. The summed E-state index contributed by atoms with van der Waals surface area (Å²) < 4.78 is 0. The molecule has 0 fully saturated rings. The summed E-state index contributed by atoms with van der Waals surface area (Å²) in [6.07, 6.45) is 26.2. The van der Waals surface area contributed by atoms with Crippen LogP contribution in [0.1, 0.15) is 148 Å². The second-order valence-corrected chi connectivity index (χ2v) is 39.1. The average molecular weight is 1720 g/mol. The number of pyridine rings is 4. The minimum absolute atomic E-state index is 0.00136. The van der Waals surface area contributed by atoms with E-state index in [0.717, 1.165) is 196 Å². The molecule has 0 amide bonds. The van der Waals surface area contributed by atoms with Gasteiger partial charge in [0.2, 0.25) is 0 Å². The van der Waals surface area contributed by atoms with Gasteiger partial charge in [0.1, 0.15) is 6.33 Å². The van der Waals surface area contributed by atoms with Crippen molar-refractivity contribution in [2.24, 2.45) is 0 Å². The highest BCUT2D eigenvalue weighted by atomic mass is 14.8. The fraction of sp³-hybridized carbons (Fsp3) is 0.150. The van der Waals surface area contributed by atoms with E-state index in [1.165, 1.54) is 27.8 Å². The van der Waals surface area contributed by atoms with Gasteiger partial charge in [-0.25, -0.2) is 9.97 Å². The summed E-state index contributed by atoms with van der Waals surface area (Å²) in [5.41, 5.74) is 44.0. The van der Waals surface area contributed by atoms with Gasteiger partial charge in [0.05, 0.1) is 34.2 Å². The van der Waals surface area contributed by atoms with Crippen LogP contribution in [0.15, 0.2) is 414 Å². The van der Waals surface area contributed by atoms with Crippen molar-refractivity contribution in [2.75, 3.05) is 0 Å². The van der Waals surface area contributed by atoms with Crippen molar-refractivity contribution in [3.8, 4) is 156 Å². The van der Waals surface area contributed by atoms with Crippen molar-refractivity contribution in [3.63, 3.8) is 0 Å². The van der Waals surface area contributed by atoms with Crippen LogP contribution in [0, 0.1) is 0 Å². The molecule has 5 heterocycles. The van der Waals surface area contributed by atoms with E-state index in [4.69, 9.17) is 29.9 Å². The third kappa shape index (κ3) is 19.6. The van der Waals surface area contributed by atoms with Crippen LogP contribution in [-0.4, -0.2) is 29.9 Å². The predicted octanol–water partition coefficient (Wildman–Crippen LogP) is 34.1. The minimum atomic E-state index is -0.00419.